The number of hydrogen-bond acceptors (Lipinski definition) is 2. The van der Waals surface area contributed by atoms with Crippen LogP contribution in [0.4, 0.5) is 0 Å². The highest BCUT2D eigenvalue weighted by Gasteiger charge is 2.36. The molecule has 0 aromatic rings. The van der Waals surface area contributed by atoms with Crippen LogP contribution in [0.25, 0.3) is 0 Å². The summed E-state index contributed by atoms with van der Waals surface area (Å²) in [5, 5.41) is 0. The van der Waals surface area contributed by atoms with Crippen LogP contribution in [0.5, 0.6) is 0 Å². The third-order valence-corrected chi connectivity index (χ3v) is 2.29. The molecule has 2 nitrogen and oxygen atoms in total. The molecule has 0 saturated carbocycles. The number of hydrogen-bond donors (Lipinski definition) is 0. The highest BCUT2D eigenvalue weighted by atomic mass is 35.5. The van der Waals surface area contributed by atoms with E-state index in [0.29, 0.717) is 18.4 Å². The van der Waals surface area contributed by atoms with Crippen LogP contribution in [0.3, 0.4) is 0 Å². The lowest BCUT2D eigenvalue weighted by Gasteiger charge is -2.24. The first-order valence-corrected chi connectivity index (χ1v) is 4.97. The van der Waals surface area contributed by atoms with E-state index in [1.54, 1.807) is 0 Å². The minimum absolute atomic E-state index is 0.0791. The second kappa shape index (κ2) is 3.95. The van der Waals surface area contributed by atoms with Gasteiger partial charge < -0.3 is 9.47 Å². The standard InChI is InChI=1S/C9H17ClO2/c1-7(2)4-9(3)11-6-8(5-10)12-9/h7-8H,4-6H2,1-3H3/t8-,9-/m0/s1. The molecule has 12 heavy (non-hydrogen) atoms. The van der Waals surface area contributed by atoms with Crippen molar-refractivity contribution in [1.29, 1.82) is 0 Å². The molecule has 1 fully saturated rings. The second-order valence-electron chi connectivity index (χ2n) is 3.94. The maximum absolute atomic E-state index is 5.67. The Labute approximate surface area is 79.2 Å². The van der Waals surface area contributed by atoms with E-state index in [4.69, 9.17) is 21.1 Å². The van der Waals surface area contributed by atoms with E-state index in [1.807, 2.05) is 6.92 Å². The topological polar surface area (TPSA) is 18.5 Å². The quantitative estimate of drug-likeness (QED) is 0.640. The van der Waals surface area contributed by atoms with Crippen molar-refractivity contribution in [2.45, 2.75) is 39.1 Å². The van der Waals surface area contributed by atoms with Crippen molar-refractivity contribution >= 4 is 11.6 Å². The van der Waals surface area contributed by atoms with Crippen molar-refractivity contribution in [2.24, 2.45) is 5.92 Å². The maximum atomic E-state index is 5.67. The van der Waals surface area contributed by atoms with Gasteiger partial charge in [0.25, 0.3) is 0 Å². The molecule has 0 spiro atoms. The minimum atomic E-state index is -0.395. The van der Waals surface area contributed by atoms with Gasteiger partial charge in [0.2, 0.25) is 0 Å². The first-order chi connectivity index (χ1) is 5.56. The molecule has 1 saturated heterocycles. The average Bonchev–Trinajstić information content (AvgIpc) is 2.30. The lowest BCUT2D eigenvalue weighted by molar-refractivity contribution is -0.162. The van der Waals surface area contributed by atoms with Crippen LogP contribution in [0, 0.1) is 5.92 Å². The first-order valence-electron chi connectivity index (χ1n) is 4.43. The lowest BCUT2D eigenvalue weighted by atomic mass is 10.0. The fraction of sp³-hybridized carbons (Fsp3) is 1.00. The monoisotopic (exact) mass is 192 g/mol. The van der Waals surface area contributed by atoms with E-state index in [0.717, 1.165) is 6.42 Å². The van der Waals surface area contributed by atoms with Gasteiger partial charge in [0.05, 0.1) is 18.6 Å². The predicted octanol–water partition coefficient (Wildman–Crippen LogP) is 2.40. The molecule has 1 heterocycles. The molecule has 0 unspecified atom stereocenters. The van der Waals surface area contributed by atoms with Crippen LogP contribution in [0.15, 0.2) is 0 Å². The highest BCUT2D eigenvalue weighted by molar-refractivity contribution is 6.18. The molecule has 0 bridgehead atoms. The van der Waals surface area contributed by atoms with Gasteiger partial charge in [0.1, 0.15) is 0 Å². The Morgan fingerprint density at radius 2 is 2.25 bits per heavy atom. The fourth-order valence-electron chi connectivity index (χ4n) is 1.61. The van der Waals surface area contributed by atoms with Gasteiger partial charge in [-0.3, -0.25) is 0 Å². The zero-order valence-corrected chi connectivity index (χ0v) is 8.73. The molecule has 0 aliphatic carbocycles. The molecule has 0 amide bonds. The van der Waals surface area contributed by atoms with Crippen LogP contribution < -0.4 is 0 Å². The zero-order valence-electron chi connectivity index (χ0n) is 7.97. The molecule has 1 aliphatic heterocycles. The van der Waals surface area contributed by atoms with Gasteiger partial charge in [0.15, 0.2) is 5.79 Å². The average molecular weight is 193 g/mol. The van der Waals surface area contributed by atoms with Crippen molar-refractivity contribution in [3.8, 4) is 0 Å². The van der Waals surface area contributed by atoms with E-state index in [9.17, 15) is 0 Å². The smallest absolute Gasteiger partial charge is 0.166 e. The SMILES string of the molecule is CC(C)C[C@@]1(C)OC[C@H](CCl)O1. The van der Waals surface area contributed by atoms with Crippen LogP contribution in [0.1, 0.15) is 27.2 Å². The number of alkyl halides is 1. The molecule has 1 rings (SSSR count). The molecule has 1 aliphatic rings. The Bertz CT molecular complexity index is 149. The largest absolute Gasteiger partial charge is 0.347 e. The van der Waals surface area contributed by atoms with Crippen molar-refractivity contribution < 1.29 is 9.47 Å². The highest BCUT2D eigenvalue weighted by Crippen LogP contribution is 2.29. The molecular formula is C9H17ClO2. The maximum Gasteiger partial charge on any atom is 0.166 e. The molecule has 0 aromatic carbocycles. The summed E-state index contributed by atoms with van der Waals surface area (Å²) in [5.74, 6) is 0.714. The van der Waals surface area contributed by atoms with Crippen molar-refractivity contribution in [3.63, 3.8) is 0 Å². The number of rotatable bonds is 3. The molecule has 72 valence electrons. The summed E-state index contributed by atoms with van der Waals surface area (Å²) in [7, 11) is 0. The molecular weight excluding hydrogens is 176 g/mol. The minimum Gasteiger partial charge on any atom is -0.347 e. The van der Waals surface area contributed by atoms with E-state index < -0.39 is 5.79 Å². The van der Waals surface area contributed by atoms with Crippen LogP contribution in [-0.4, -0.2) is 24.4 Å². The molecule has 0 radical (unpaired) electrons. The van der Waals surface area contributed by atoms with E-state index in [2.05, 4.69) is 13.8 Å². The van der Waals surface area contributed by atoms with Gasteiger partial charge >= 0.3 is 0 Å². The van der Waals surface area contributed by atoms with E-state index in [1.165, 1.54) is 0 Å². The Morgan fingerprint density at radius 3 is 2.67 bits per heavy atom. The van der Waals surface area contributed by atoms with Gasteiger partial charge in [-0.1, -0.05) is 13.8 Å². The molecule has 3 heteroatoms. The number of ether oxygens (including phenoxy) is 2. The van der Waals surface area contributed by atoms with Crippen LogP contribution >= 0.6 is 11.6 Å². The van der Waals surface area contributed by atoms with Gasteiger partial charge in [0, 0.05) is 6.42 Å². The Balaban J connectivity index is 2.41. The summed E-state index contributed by atoms with van der Waals surface area (Å²) in [4.78, 5) is 0. The summed E-state index contributed by atoms with van der Waals surface area (Å²) < 4.78 is 11.2. The normalized spacial score (nSPS) is 36.2. The van der Waals surface area contributed by atoms with Gasteiger partial charge in [-0.05, 0) is 12.8 Å². The Morgan fingerprint density at radius 1 is 1.58 bits per heavy atom. The van der Waals surface area contributed by atoms with Crippen molar-refractivity contribution in [3.05, 3.63) is 0 Å². The van der Waals surface area contributed by atoms with E-state index >= 15 is 0 Å². The van der Waals surface area contributed by atoms with Crippen molar-refractivity contribution in [1.82, 2.24) is 0 Å². The summed E-state index contributed by atoms with van der Waals surface area (Å²) in [6.07, 6.45) is 1.01. The summed E-state index contributed by atoms with van der Waals surface area (Å²) in [6, 6.07) is 0. The second-order valence-corrected chi connectivity index (χ2v) is 4.25. The number of halogens is 1. The summed E-state index contributed by atoms with van der Waals surface area (Å²) in [6.45, 7) is 6.93. The fourth-order valence-corrected chi connectivity index (χ4v) is 1.77. The third kappa shape index (κ3) is 2.61. The molecule has 2 atom stereocenters. The summed E-state index contributed by atoms with van der Waals surface area (Å²) in [5.41, 5.74) is 0. The van der Waals surface area contributed by atoms with Crippen LogP contribution in [-0.2, 0) is 9.47 Å². The van der Waals surface area contributed by atoms with Gasteiger partial charge in [-0.15, -0.1) is 11.6 Å². The lowest BCUT2D eigenvalue weighted by Crippen LogP contribution is -2.28. The Hall–Kier alpha value is 0.210. The predicted molar refractivity (Wildman–Crippen MR) is 49.4 cm³/mol. The van der Waals surface area contributed by atoms with Gasteiger partial charge in [-0.2, -0.15) is 0 Å². The van der Waals surface area contributed by atoms with Crippen molar-refractivity contribution in [2.75, 3.05) is 12.5 Å². The third-order valence-electron chi connectivity index (χ3n) is 1.94. The molecule has 0 aromatic heterocycles. The van der Waals surface area contributed by atoms with E-state index in [-0.39, 0.29) is 6.10 Å². The van der Waals surface area contributed by atoms with Gasteiger partial charge in [-0.25, -0.2) is 0 Å². The zero-order chi connectivity index (χ0) is 9.19. The molecule has 0 N–H and O–H groups in total. The van der Waals surface area contributed by atoms with Crippen LogP contribution in [0.2, 0.25) is 0 Å². The Kier molecular flexibility index (Phi) is 3.38. The summed E-state index contributed by atoms with van der Waals surface area (Å²) >= 11 is 5.67. The first kappa shape index (κ1) is 10.3.